The van der Waals surface area contributed by atoms with Gasteiger partial charge in [-0.1, -0.05) is 6.07 Å². The van der Waals surface area contributed by atoms with Crippen LogP contribution in [0, 0.1) is 17.6 Å². The second kappa shape index (κ2) is 5.64. The largest absolute Gasteiger partial charge is 0.479 e. The fourth-order valence-electron chi connectivity index (χ4n) is 2.85. The summed E-state index contributed by atoms with van der Waals surface area (Å²) in [5, 5.41) is 8.94. The summed E-state index contributed by atoms with van der Waals surface area (Å²) in [5.74, 6) is -3.22. The maximum Gasteiger partial charge on any atom is 0.334 e. The zero-order valence-corrected chi connectivity index (χ0v) is 11.7. The third kappa shape index (κ3) is 2.81. The second-order valence-electron chi connectivity index (χ2n) is 5.60. The number of ether oxygens (including phenoxy) is 1. The fraction of sp³-hybridized carbons (Fsp3) is 0.467. The van der Waals surface area contributed by atoms with Crippen molar-refractivity contribution in [1.29, 1.82) is 0 Å². The Morgan fingerprint density at radius 1 is 1.32 bits per heavy atom. The number of rotatable bonds is 3. The molecule has 0 spiro atoms. The first-order chi connectivity index (χ1) is 10.5. The van der Waals surface area contributed by atoms with Crippen LogP contribution in [0.15, 0.2) is 18.2 Å². The third-order valence-corrected chi connectivity index (χ3v) is 4.12. The van der Waals surface area contributed by atoms with Crippen LogP contribution in [0.1, 0.15) is 17.9 Å². The summed E-state index contributed by atoms with van der Waals surface area (Å²) in [4.78, 5) is 24.7. The normalized spacial score (nSPS) is 27.5. The molecule has 2 fully saturated rings. The molecule has 0 radical (unpaired) electrons. The number of amides is 1. The Kier molecular flexibility index (Phi) is 3.82. The van der Waals surface area contributed by atoms with E-state index in [1.807, 2.05) is 0 Å². The minimum atomic E-state index is -1.10. The van der Waals surface area contributed by atoms with Gasteiger partial charge in [0.25, 0.3) is 0 Å². The van der Waals surface area contributed by atoms with Crippen molar-refractivity contribution in [2.24, 2.45) is 5.92 Å². The zero-order chi connectivity index (χ0) is 15.9. The minimum absolute atomic E-state index is 0.00326. The lowest BCUT2D eigenvalue weighted by Crippen LogP contribution is -2.49. The Bertz CT molecular complexity index is 622. The van der Waals surface area contributed by atoms with Gasteiger partial charge in [-0.3, -0.25) is 4.79 Å². The number of nitrogens with zero attached hydrogens (tertiary/aromatic N) is 1. The van der Waals surface area contributed by atoms with Gasteiger partial charge in [-0.15, -0.1) is 0 Å². The summed E-state index contributed by atoms with van der Waals surface area (Å²) in [5.41, 5.74) is 0.336. The first-order valence-electron chi connectivity index (χ1n) is 7.05. The lowest BCUT2D eigenvalue weighted by atomic mass is 10.1. The highest BCUT2D eigenvalue weighted by Crippen LogP contribution is 2.49. The first kappa shape index (κ1) is 14.9. The molecule has 3 rings (SSSR count). The summed E-state index contributed by atoms with van der Waals surface area (Å²) in [6.45, 7) is 0.506. The lowest BCUT2D eigenvalue weighted by molar-refractivity contribution is -0.159. The van der Waals surface area contributed by atoms with Gasteiger partial charge in [0.15, 0.2) is 6.10 Å². The van der Waals surface area contributed by atoms with Crippen LogP contribution in [0.25, 0.3) is 0 Å². The maximum absolute atomic E-state index is 13.7. The van der Waals surface area contributed by atoms with Crippen molar-refractivity contribution in [2.45, 2.75) is 18.4 Å². The molecule has 1 aliphatic carbocycles. The molecule has 1 heterocycles. The number of halogens is 2. The first-order valence-corrected chi connectivity index (χ1v) is 7.05. The molecule has 1 aromatic carbocycles. The maximum atomic E-state index is 13.7. The Morgan fingerprint density at radius 3 is 2.77 bits per heavy atom. The van der Waals surface area contributed by atoms with E-state index in [2.05, 4.69) is 0 Å². The van der Waals surface area contributed by atoms with Crippen molar-refractivity contribution in [1.82, 2.24) is 4.90 Å². The van der Waals surface area contributed by atoms with Crippen molar-refractivity contribution < 1.29 is 28.2 Å². The molecule has 1 aliphatic heterocycles. The smallest absolute Gasteiger partial charge is 0.334 e. The van der Waals surface area contributed by atoms with E-state index >= 15 is 0 Å². The van der Waals surface area contributed by atoms with Crippen LogP contribution >= 0.6 is 0 Å². The number of carbonyl (C=O) groups is 2. The number of carboxylic acid groups (broad SMARTS) is 1. The zero-order valence-electron chi connectivity index (χ0n) is 11.7. The molecule has 118 valence electrons. The van der Waals surface area contributed by atoms with E-state index in [-0.39, 0.29) is 30.9 Å². The predicted octanol–water partition coefficient (Wildman–Crippen LogP) is 1.38. The van der Waals surface area contributed by atoms with Crippen LogP contribution < -0.4 is 0 Å². The standard InChI is InChI=1S/C15H15F2NO4/c16-8-1-2-9(12(17)5-8)10-6-11(10)14(19)18-3-4-22-13(7-18)15(20)21/h1-2,5,10-11,13H,3-4,6-7H2,(H,20,21)/t10-,11-,13-/m0/s1. The van der Waals surface area contributed by atoms with Gasteiger partial charge in [0.05, 0.1) is 13.2 Å². The third-order valence-electron chi connectivity index (χ3n) is 4.12. The lowest BCUT2D eigenvalue weighted by Gasteiger charge is -2.31. The molecule has 1 amide bonds. The van der Waals surface area contributed by atoms with E-state index in [1.165, 1.54) is 17.0 Å². The van der Waals surface area contributed by atoms with Crippen molar-refractivity contribution in [3.63, 3.8) is 0 Å². The summed E-state index contributed by atoms with van der Waals surface area (Å²) >= 11 is 0. The number of carbonyl (C=O) groups excluding carboxylic acids is 1. The number of hydrogen-bond donors (Lipinski definition) is 1. The fourth-order valence-corrected chi connectivity index (χ4v) is 2.85. The molecular formula is C15H15F2NO4. The van der Waals surface area contributed by atoms with Crippen molar-refractivity contribution in [3.8, 4) is 0 Å². The number of carboxylic acids is 1. The SMILES string of the molecule is O=C(O)[C@@H]1CN(C(=O)[C@H]2C[C@H]2c2ccc(F)cc2F)CCO1. The molecule has 5 nitrogen and oxygen atoms in total. The van der Waals surface area contributed by atoms with Crippen molar-refractivity contribution in [3.05, 3.63) is 35.4 Å². The molecule has 1 saturated carbocycles. The number of morpholine rings is 1. The molecule has 0 aromatic heterocycles. The minimum Gasteiger partial charge on any atom is -0.479 e. The van der Waals surface area contributed by atoms with Gasteiger partial charge in [-0.25, -0.2) is 13.6 Å². The topological polar surface area (TPSA) is 66.8 Å². The van der Waals surface area contributed by atoms with Crippen molar-refractivity contribution in [2.75, 3.05) is 19.7 Å². The molecule has 22 heavy (non-hydrogen) atoms. The van der Waals surface area contributed by atoms with Gasteiger partial charge < -0.3 is 14.7 Å². The summed E-state index contributed by atoms with van der Waals surface area (Å²) in [6, 6.07) is 3.35. The highest BCUT2D eigenvalue weighted by atomic mass is 19.1. The van der Waals surface area contributed by atoms with E-state index in [0.717, 1.165) is 6.07 Å². The van der Waals surface area contributed by atoms with Crippen molar-refractivity contribution >= 4 is 11.9 Å². The summed E-state index contributed by atoms with van der Waals surface area (Å²) in [7, 11) is 0. The van der Waals surface area contributed by atoms with Crippen LogP contribution in [0.4, 0.5) is 8.78 Å². The van der Waals surface area contributed by atoms with Gasteiger partial charge in [-0.05, 0) is 24.0 Å². The highest BCUT2D eigenvalue weighted by Gasteiger charge is 2.47. The van der Waals surface area contributed by atoms with Gasteiger partial charge in [0.2, 0.25) is 5.91 Å². The van der Waals surface area contributed by atoms with E-state index in [1.54, 1.807) is 0 Å². The average Bonchev–Trinajstić information content (AvgIpc) is 3.27. The van der Waals surface area contributed by atoms with Crippen LogP contribution in [0.5, 0.6) is 0 Å². The van der Waals surface area contributed by atoms with Crippen LogP contribution in [0.2, 0.25) is 0 Å². The number of aliphatic carboxylic acids is 1. The van der Waals surface area contributed by atoms with Gasteiger partial charge >= 0.3 is 5.97 Å². The van der Waals surface area contributed by atoms with Gasteiger partial charge in [-0.2, -0.15) is 0 Å². The second-order valence-corrected chi connectivity index (χ2v) is 5.60. The monoisotopic (exact) mass is 311 g/mol. The highest BCUT2D eigenvalue weighted by molar-refractivity contribution is 5.84. The Labute approximate surface area is 125 Å². The van der Waals surface area contributed by atoms with Crippen LogP contribution in [0.3, 0.4) is 0 Å². The van der Waals surface area contributed by atoms with Crippen LogP contribution in [-0.4, -0.2) is 47.7 Å². The Morgan fingerprint density at radius 2 is 2.09 bits per heavy atom. The quantitative estimate of drug-likeness (QED) is 0.916. The molecule has 1 N–H and O–H groups in total. The summed E-state index contributed by atoms with van der Waals surface area (Å²) in [6.07, 6.45) is -0.520. The Hall–Kier alpha value is -2.02. The number of hydrogen-bond acceptors (Lipinski definition) is 3. The molecule has 1 saturated heterocycles. The van der Waals surface area contributed by atoms with E-state index < -0.39 is 23.7 Å². The molecule has 3 atom stereocenters. The summed E-state index contributed by atoms with van der Waals surface area (Å²) < 4.78 is 31.7. The van der Waals surface area contributed by atoms with E-state index in [9.17, 15) is 18.4 Å². The Balaban J connectivity index is 1.66. The van der Waals surface area contributed by atoms with Crippen LogP contribution in [-0.2, 0) is 14.3 Å². The average molecular weight is 311 g/mol. The molecule has 2 aliphatic rings. The molecule has 0 unspecified atom stereocenters. The van der Waals surface area contributed by atoms with E-state index in [4.69, 9.17) is 9.84 Å². The van der Waals surface area contributed by atoms with Gasteiger partial charge in [0, 0.05) is 18.5 Å². The number of benzene rings is 1. The van der Waals surface area contributed by atoms with Gasteiger partial charge in [0.1, 0.15) is 11.6 Å². The van der Waals surface area contributed by atoms with E-state index in [0.29, 0.717) is 18.5 Å². The molecule has 0 bridgehead atoms. The molecular weight excluding hydrogens is 296 g/mol. The molecule has 1 aromatic rings. The molecule has 7 heteroatoms. The predicted molar refractivity (Wildman–Crippen MR) is 71.2 cm³/mol.